The third kappa shape index (κ3) is 3.41. The number of nitrogens with zero attached hydrogens (tertiary/aromatic N) is 1. The molecule has 1 rings (SSSR count). The Kier molecular flexibility index (Phi) is 5.17. The molecular weight excluding hydrogens is 228 g/mol. The zero-order valence-electron chi connectivity index (χ0n) is 10.3. The van der Waals surface area contributed by atoms with E-state index in [4.69, 9.17) is 4.74 Å². The van der Waals surface area contributed by atoms with Crippen LogP contribution in [0.3, 0.4) is 0 Å². The molecule has 6 heteroatoms. The molecule has 0 aromatic heterocycles. The summed E-state index contributed by atoms with van der Waals surface area (Å²) < 4.78 is 30.2. The number of piperidine rings is 1. The van der Waals surface area contributed by atoms with Gasteiger partial charge < -0.3 is 10.1 Å². The first-order chi connectivity index (χ1) is 7.51. The molecule has 96 valence electrons. The van der Waals surface area contributed by atoms with Crippen molar-refractivity contribution in [2.24, 2.45) is 5.92 Å². The Hall–Kier alpha value is -0.170. The van der Waals surface area contributed by atoms with Gasteiger partial charge in [-0.25, -0.2) is 12.7 Å². The van der Waals surface area contributed by atoms with Crippen LogP contribution in [0.25, 0.3) is 0 Å². The van der Waals surface area contributed by atoms with E-state index >= 15 is 0 Å². The van der Waals surface area contributed by atoms with Crippen molar-refractivity contribution in [2.45, 2.75) is 19.4 Å². The summed E-state index contributed by atoms with van der Waals surface area (Å²) in [5.41, 5.74) is 0. The molecule has 1 aliphatic rings. The molecule has 0 aromatic carbocycles. The highest BCUT2D eigenvalue weighted by Crippen LogP contribution is 2.19. The van der Waals surface area contributed by atoms with E-state index < -0.39 is 10.0 Å². The van der Waals surface area contributed by atoms with Gasteiger partial charge in [0.2, 0.25) is 10.0 Å². The van der Waals surface area contributed by atoms with Crippen LogP contribution in [0.5, 0.6) is 0 Å². The maximum atomic E-state index is 11.9. The molecule has 0 aromatic rings. The average Bonchev–Trinajstić information content (AvgIpc) is 2.26. The number of hydrogen-bond acceptors (Lipinski definition) is 4. The minimum atomic E-state index is -3.13. The SMILES string of the molecule is CNC1CCN(S(=O)(=O)CCOC)CC1C. The molecule has 0 spiro atoms. The van der Waals surface area contributed by atoms with Crippen LogP contribution >= 0.6 is 0 Å². The lowest BCUT2D eigenvalue weighted by molar-refractivity contribution is 0.207. The van der Waals surface area contributed by atoms with Gasteiger partial charge in [0.1, 0.15) is 0 Å². The predicted octanol–water partition coefficient (Wildman–Crippen LogP) is -0.108. The largest absolute Gasteiger partial charge is 0.384 e. The van der Waals surface area contributed by atoms with Crippen molar-refractivity contribution in [1.82, 2.24) is 9.62 Å². The predicted molar refractivity (Wildman–Crippen MR) is 63.9 cm³/mol. The molecule has 2 atom stereocenters. The molecule has 5 nitrogen and oxygen atoms in total. The van der Waals surface area contributed by atoms with Crippen molar-refractivity contribution >= 4 is 10.0 Å². The van der Waals surface area contributed by atoms with Crippen LogP contribution in [-0.4, -0.2) is 58.4 Å². The number of methoxy groups -OCH3 is 1. The first-order valence-corrected chi connectivity index (χ1v) is 7.26. The fourth-order valence-electron chi connectivity index (χ4n) is 2.11. The second-order valence-electron chi connectivity index (χ2n) is 4.33. The Morgan fingerprint density at radius 2 is 2.19 bits per heavy atom. The van der Waals surface area contributed by atoms with Gasteiger partial charge in [-0.2, -0.15) is 0 Å². The summed E-state index contributed by atoms with van der Waals surface area (Å²) in [6.45, 7) is 3.57. The Labute approximate surface area is 98.2 Å². The standard InChI is InChI=1S/C10H22N2O3S/c1-9-8-12(5-4-10(9)11-2)16(13,14)7-6-15-3/h9-11H,4-8H2,1-3H3. The van der Waals surface area contributed by atoms with Crippen LogP contribution < -0.4 is 5.32 Å². The van der Waals surface area contributed by atoms with Crippen LogP contribution in [0.15, 0.2) is 0 Å². The normalized spacial score (nSPS) is 28.2. The zero-order valence-corrected chi connectivity index (χ0v) is 11.1. The van der Waals surface area contributed by atoms with Crippen molar-refractivity contribution < 1.29 is 13.2 Å². The van der Waals surface area contributed by atoms with E-state index in [0.29, 0.717) is 25.0 Å². The maximum absolute atomic E-state index is 11.9. The molecule has 1 saturated heterocycles. The fourth-order valence-corrected chi connectivity index (χ4v) is 3.59. The summed E-state index contributed by atoms with van der Waals surface area (Å²) in [5.74, 6) is 0.441. The second kappa shape index (κ2) is 5.95. The first kappa shape index (κ1) is 13.9. The van der Waals surface area contributed by atoms with Crippen molar-refractivity contribution in [1.29, 1.82) is 0 Å². The highest BCUT2D eigenvalue weighted by molar-refractivity contribution is 7.89. The summed E-state index contributed by atoms with van der Waals surface area (Å²) in [6, 6.07) is 0.425. The van der Waals surface area contributed by atoms with Gasteiger partial charge in [0.05, 0.1) is 12.4 Å². The van der Waals surface area contributed by atoms with E-state index in [1.54, 1.807) is 4.31 Å². The van der Waals surface area contributed by atoms with Crippen LogP contribution in [0.4, 0.5) is 0 Å². The summed E-state index contributed by atoms with van der Waals surface area (Å²) in [5, 5.41) is 3.22. The molecule has 1 heterocycles. The van der Waals surface area contributed by atoms with E-state index in [1.165, 1.54) is 7.11 Å². The second-order valence-corrected chi connectivity index (χ2v) is 6.42. The number of hydrogen-bond donors (Lipinski definition) is 1. The topological polar surface area (TPSA) is 58.6 Å². The van der Waals surface area contributed by atoms with Crippen molar-refractivity contribution in [3.63, 3.8) is 0 Å². The summed E-state index contributed by atoms with van der Waals surface area (Å²) >= 11 is 0. The molecule has 1 N–H and O–H groups in total. The number of ether oxygens (including phenoxy) is 1. The molecule has 0 amide bonds. The molecule has 0 aliphatic carbocycles. The molecule has 2 unspecified atom stereocenters. The van der Waals surface area contributed by atoms with Crippen molar-refractivity contribution in [2.75, 3.05) is 39.6 Å². The quantitative estimate of drug-likeness (QED) is 0.740. The van der Waals surface area contributed by atoms with E-state index in [1.807, 2.05) is 7.05 Å². The smallest absolute Gasteiger partial charge is 0.216 e. The van der Waals surface area contributed by atoms with E-state index in [9.17, 15) is 8.42 Å². The first-order valence-electron chi connectivity index (χ1n) is 5.65. The zero-order chi connectivity index (χ0) is 12.2. The van der Waals surface area contributed by atoms with Gasteiger partial charge in [0.25, 0.3) is 0 Å². The van der Waals surface area contributed by atoms with Crippen LogP contribution in [-0.2, 0) is 14.8 Å². The van der Waals surface area contributed by atoms with Crippen LogP contribution in [0.2, 0.25) is 0 Å². The maximum Gasteiger partial charge on any atom is 0.216 e. The Morgan fingerprint density at radius 1 is 1.50 bits per heavy atom. The summed E-state index contributed by atoms with van der Waals surface area (Å²) in [7, 11) is 0.317. The minimum absolute atomic E-state index is 0.0838. The van der Waals surface area contributed by atoms with E-state index in [2.05, 4.69) is 12.2 Å². The number of nitrogens with one attached hydrogen (secondary N) is 1. The average molecular weight is 250 g/mol. The van der Waals surface area contributed by atoms with Gasteiger partial charge in [-0.05, 0) is 19.4 Å². The lowest BCUT2D eigenvalue weighted by atomic mass is 9.96. The molecule has 0 saturated carbocycles. The third-order valence-corrected chi connectivity index (χ3v) is 4.98. The lowest BCUT2D eigenvalue weighted by Crippen LogP contribution is -2.49. The molecular formula is C10H22N2O3S. The number of sulfonamides is 1. The Balaban J connectivity index is 2.56. The van der Waals surface area contributed by atoms with Crippen LogP contribution in [0, 0.1) is 5.92 Å². The molecule has 16 heavy (non-hydrogen) atoms. The van der Waals surface area contributed by atoms with Gasteiger partial charge in [-0.1, -0.05) is 6.92 Å². The molecule has 1 fully saturated rings. The molecule has 0 bridgehead atoms. The van der Waals surface area contributed by atoms with Crippen LogP contribution in [0.1, 0.15) is 13.3 Å². The Morgan fingerprint density at radius 3 is 2.69 bits per heavy atom. The number of rotatable bonds is 5. The Bertz CT molecular complexity index is 305. The van der Waals surface area contributed by atoms with Gasteiger partial charge in [-0.3, -0.25) is 0 Å². The summed E-state index contributed by atoms with van der Waals surface area (Å²) in [6.07, 6.45) is 0.879. The highest BCUT2D eigenvalue weighted by atomic mass is 32.2. The van der Waals surface area contributed by atoms with Gasteiger partial charge in [0, 0.05) is 26.2 Å². The fraction of sp³-hybridized carbons (Fsp3) is 1.00. The van der Waals surface area contributed by atoms with Crippen molar-refractivity contribution in [3.05, 3.63) is 0 Å². The van der Waals surface area contributed by atoms with E-state index in [-0.39, 0.29) is 12.4 Å². The van der Waals surface area contributed by atoms with Gasteiger partial charge in [-0.15, -0.1) is 0 Å². The van der Waals surface area contributed by atoms with Gasteiger partial charge in [0.15, 0.2) is 0 Å². The molecule has 0 radical (unpaired) electrons. The lowest BCUT2D eigenvalue weighted by Gasteiger charge is -2.35. The van der Waals surface area contributed by atoms with Gasteiger partial charge >= 0.3 is 0 Å². The molecule has 1 aliphatic heterocycles. The summed E-state index contributed by atoms with van der Waals surface area (Å²) in [4.78, 5) is 0. The highest BCUT2D eigenvalue weighted by Gasteiger charge is 2.31. The third-order valence-electron chi connectivity index (χ3n) is 3.18. The van der Waals surface area contributed by atoms with E-state index in [0.717, 1.165) is 6.42 Å². The van der Waals surface area contributed by atoms with Crippen molar-refractivity contribution in [3.8, 4) is 0 Å². The minimum Gasteiger partial charge on any atom is -0.384 e. The monoisotopic (exact) mass is 250 g/mol.